The molecule has 0 bridgehead atoms. The fourth-order valence-electron chi connectivity index (χ4n) is 1.76. The van der Waals surface area contributed by atoms with Crippen molar-refractivity contribution < 1.29 is 4.79 Å². The first kappa shape index (κ1) is 9.54. The van der Waals surface area contributed by atoms with Gasteiger partial charge < -0.3 is 4.57 Å². The number of rotatable bonds is 3. The number of carbonyl (C=O) groups excluding carboxylic acids is 1. The van der Waals surface area contributed by atoms with Crippen LogP contribution in [0.1, 0.15) is 16.8 Å². The van der Waals surface area contributed by atoms with Gasteiger partial charge in [0.1, 0.15) is 0 Å². The maximum absolute atomic E-state index is 10.9. The molecule has 2 nitrogen and oxygen atoms in total. The zero-order valence-corrected chi connectivity index (χ0v) is 8.31. The molecule has 1 heterocycles. The molecule has 1 aromatic heterocycles. The van der Waals surface area contributed by atoms with Gasteiger partial charge in [0.05, 0.1) is 5.52 Å². The molecule has 2 heteroatoms. The number of terminal acetylenes is 1. The van der Waals surface area contributed by atoms with Crippen molar-refractivity contribution in [1.29, 1.82) is 0 Å². The monoisotopic (exact) mass is 197 g/mol. The lowest BCUT2D eigenvalue weighted by Crippen LogP contribution is -1.97. The standard InChI is InChI=1S/C13H11NO/c1-2-3-8-14-9-7-11-5-4-6-12(10-15)13(11)14/h1,4-7,9-10H,3,8H2. The lowest BCUT2D eigenvalue weighted by Gasteiger charge is -2.04. The summed E-state index contributed by atoms with van der Waals surface area (Å²) in [6, 6.07) is 7.70. The second-order valence-corrected chi connectivity index (χ2v) is 3.37. The molecule has 0 fully saturated rings. The molecule has 0 saturated heterocycles. The van der Waals surface area contributed by atoms with Gasteiger partial charge in [0.25, 0.3) is 0 Å². The Balaban J connectivity index is 2.56. The number of aryl methyl sites for hydroxylation is 1. The summed E-state index contributed by atoms with van der Waals surface area (Å²) in [6.45, 7) is 0.755. The second kappa shape index (κ2) is 4.02. The van der Waals surface area contributed by atoms with E-state index in [0.717, 1.165) is 29.3 Å². The maximum atomic E-state index is 10.9. The molecule has 2 aromatic rings. The van der Waals surface area contributed by atoms with Crippen molar-refractivity contribution in [3.63, 3.8) is 0 Å². The number of nitrogens with zero attached hydrogens (tertiary/aromatic N) is 1. The molecule has 74 valence electrons. The van der Waals surface area contributed by atoms with E-state index in [1.165, 1.54) is 0 Å². The highest BCUT2D eigenvalue weighted by atomic mass is 16.1. The minimum atomic E-state index is 0.678. The average Bonchev–Trinajstić information content (AvgIpc) is 2.69. The number of benzene rings is 1. The molecule has 0 aliphatic heterocycles. The van der Waals surface area contributed by atoms with Gasteiger partial charge in [-0.3, -0.25) is 4.79 Å². The summed E-state index contributed by atoms with van der Waals surface area (Å²) < 4.78 is 2.03. The van der Waals surface area contributed by atoms with Crippen LogP contribution in [0.4, 0.5) is 0 Å². The van der Waals surface area contributed by atoms with Crippen molar-refractivity contribution in [2.24, 2.45) is 0 Å². The molecule has 0 spiro atoms. The molecule has 0 N–H and O–H groups in total. The van der Waals surface area contributed by atoms with E-state index < -0.39 is 0 Å². The van der Waals surface area contributed by atoms with E-state index in [0.29, 0.717) is 6.42 Å². The van der Waals surface area contributed by atoms with Gasteiger partial charge in [-0.05, 0) is 12.1 Å². The van der Waals surface area contributed by atoms with Crippen molar-refractivity contribution in [3.05, 3.63) is 36.0 Å². The van der Waals surface area contributed by atoms with E-state index in [4.69, 9.17) is 6.42 Å². The van der Waals surface area contributed by atoms with Crippen LogP contribution in [-0.2, 0) is 6.54 Å². The zero-order chi connectivity index (χ0) is 10.7. The molecule has 0 radical (unpaired) electrons. The van der Waals surface area contributed by atoms with Crippen molar-refractivity contribution in [3.8, 4) is 12.3 Å². The van der Waals surface area contributed by atoms with E-state index in [1.807, 2.05) is 35.0 Å². The summed E-state index contributed by atoms with van der Waals surface area (Å²) in [4.78, 5) is 10.9. The molecular weight excluding hydrogens is 186 g/mol. The van der Waals surface area contributed by atoms with Crippen LogP contribution in [0.3, 0.4) is 0 Å². The van der Waals surface area contributed by atoms with Gasteiger partial charge in [-0.1, -0.05) is 12.1 Å². The van der Waals surface area contributed by atoms with Gasteiger partial charge in [-0.2, -0.15) is 0 Å². The molecule has 1 aromatic carbocycles. The van der Waals surface area contributed by atoms with Gasteiger partial charge >= 0.3 is 0 Å². The third-order valence-corrected chi connectivity index (χ3v) is 2.44. The summed E-state index contributed by atoms with van der Waals surface area (Å²) in [5.74, 6) is 2.60. The molecule has 0 aliphatic carbocycles. The Kier molecular flexibility index (Phi) is 2.55. The quantitative estimate of drug-likeness (QED) is 0.547. The molecule has 0 aliphatic rings. The summed E-state index contributed by atoms with van der Waals surface area (Å²) in [5, 5.41) is 1.08. The highest BCUT2D eigenvalue weighted by Crippen LogP contribution is 2.19. The summed E-state index contributed by atoms with van der Waals surface area (Å²) in [7, 11) is 0. The lowest BCUT2D eigenvalue weighted by atomic mass is 10.1. The smallest absolute Gasteiger partial charge is 0.152 e. The van der Waals surface area contributed by atoms with Crippen LogP contribution in [0, 0.1) is 12.3 Å². The Morgan fingerprint density at radius 2 is 2.27 bits per heavy atom. The van der Waals surface area contributed by atoms with E-state index in [1.54, 1.807) is 0 Å². The molecule has 0 amide bonds. The van der Waals surface area contributed by atoms with E-state index in [2.05, 4.69) is 5.92 Å². The minimum absolute atomic E-state index is 0.678. The van der Waals surface area contributed by atoms with Crippen LogP contribution in [-0.4, -0.2) is 10.9 Å². The maximum Gasteiger partial charge on any atom is 0.152 e. The van der Waals surface area contributed by atoms with Crippen molar-refractivity contribution >= 4 is 17.2 Å². The number of hydrogen-bond donors (Lipinski definition) is 0. The number of carbonyl (C=O) groups is 1. The Morgan fingerprint density at radius 3 is 3.00 bits per heavy atom. The predicted molar refractivity (Wildman–Crippen MR) is 60.8 cm³/mol. The van der Waals surface area contributed by atoms with E-state index in [-0.39, 0.29) is 0 Å². The van der Waals surface area contributed by atoms with Crippen LogP contribution in [0.15, 0.2) is 30.5 Å². The number of aldehydes is 1. The average molecular weight is 197 g/mol. The molecule has 2 rings (SSSR count). The Labute approximate surface area is 88.5 Å². The number of fused-ring (bicyclic) bond motifs is 1. The van der Waals surface area contributed by atoms with Crippen molar-refractivity contribution in [2.45, 2.75) is 13.0 Å². The lowest BCUT2D eigenvalue weighted by molar-refractivity contribution is 0.112. The molecular formula is C13H11NO. The van der Waals surface area contributed by atoms with Gasteiger partial charge in [-0.25, -0.2) is 0 Å². The SMILES string of the molecule is C#CCCn1ccc2cccc(C=O)c21. The third kappa shape index (κ3) is 1.64. The second-order valence-electron chi connectivity index (χ2n) is 3.37. The van der Waals surface area contributed by atoms with E-state index in [9.17, 15) is 4.79 Å². The molecule has 0 unspecified atom stereocenters. The number of para-hydroxylation sites is 1. The zero-order valence-electron chi connectivity index (χ0n) is 8.31. The van der Waals surface area contributed by atoms with Crippen molar-refractivity contribution in [1.82, 2.24) is 4.57 Å². The third-order valence-electron chi connectivity index (χ3n) is 2.44. The van der Waals surface area contributed by atoms with Crippen LogP contribution in [0.5, 0.6) is 0 Å². The fraction of sp³-hybridized carbons (Fsp3) is 0.154. The first-order valence-corrected chi connectivity index (χ1v) is 4.83. The Bertz CT molecular complexity index is 531. The Morgan fingerprint density at radius 1 is 1.40 bits per heavy atom. The summed E-state index contributed by atoms with van der Waals surface area (Å²) in [6.07, 6.45) is 8.76. The number of aromatic nitrogens is 1. The van der Waals surface area contributed by atoms with Crippen LogP contribution in [0.25, 0.3) is 10.9 Å². The van der Waals surface area contributed by atoms with Gasteiger partial charge in [-0.15, -0.1) is 12.3 Å². The van der Waals surface area contributed by atoms with Gasteiger partial charge in [0.15, 0.2) is 6.29 Å². The topological polar surface area (TPSA) is 22.0 Å². The van der Waals surface area contributed by atoms with Crippen LogP contribution >= 0.6 is 0 Å². The Hall–Kier alpha value is -2.01. The molecule has 0 atom stereocenters. The van der Waals surface area contributed by atoms with Gasteiger partial charge in [0, 0.05) is 30.1 Å². The predicted octanol–water partition coefficient (Wildman–Crippen LogP) is 2.48. The van der Waals surface area contributed by atoms with Gasteiger partial charge in [0.2, 0.25) is 0 Å². The van der Waals surface area contributed by atoms with Crippen LogP contribution in [0.2, 0.25) is 0 Å². The van der Waals surface area contributed by atoms with E-state index >= 15 is 0 Å². The highest BCUT2D eigenvalue weighted by Gasteiger charge is 2.04. The summed E-state index contributed by atoms with van der Waals surface area (Å²) in [5.41, 5.74) is 1.69. The molecule has 0 saturated carbocycles. The summed E-state index contributed by atoms with van der Waals surface area (Å²) >= 11 is 0. The first-order valence-electron chi connectivity index (χ1n) is 4.83. The largest absolute Gasteiger partial charge is 0.346 e. The van der Waals surface area contributed by atoms with Crippen molar-refractivity contribution in [2.75, 3.05) is 0 Å². The van der Waals surface area contributed by atoms with Crippen LogP contribution < -0.4 is 0 Å². The number of hydrogen-bond acceptors (Lipinski definition) is 1. The normalized spacial score (nSPS) is 10.1. The fourth-order valence-corrected chi connectivity index (χ4v) is 1.76. The first-order chi connectivity index (χ1) is 7.36. The molecule has 15 heavy (non-hydrogen) atoms. The highest BCUT2D eigenvalue weighted by molar-refractivity contribution is 5.96. The minimum Gasteiger partial charge on any atom is -0.346 e.